The van der Waals surface area contributed by atoms with E-state index in [0.717, 1.165) is 6.07 Å². The second-order valence-corrected chi connectivity index (χ2v) is 3.98. The van der Waals surface area contributed by atoms with E-state index < -0.39 is 28.0 Å². The number of rotatable bonds is 5. The van der Waals surface area contributed by atoms with E-state index in [2.05, 4.69) is 15.5 Å². The van der Waals surface area contributed by atoms with E-state index in [4.69, 9.17) is 5.11 Å². The topological polar surface area (TPSA) is 118 Å². The summed E-state index contributed by atoms with van der Waals surface area (Å²) in [4.78, 5) is 20.9. The minimum atomic E-state index is -1.57. The van der Waals surface area contributed by atoms with Gasteiger partial charge in [-0.25, -0.2) is 9.18 Å². The number of carboxylic acid groups (broad SMARTS) is 1. The van der Waals surface area contributed by atoms with Gasteiger partial charge in [0.2, 0.25) is 0 Å². The number of nitrogens with one attached hydrogen (secondary N) is 1. The molecule has 0 radical (unpaired) electrons. The monoisotopic (exact) mass is 292 g/mol. The van der Waals surface area contributed by atoms with Crippen molar-refractivity contribution in [2.24, 2.45) is 0 Å². The Kier molecular flexibility index (Phi) is 4.02. The lowest BCUT2D eigenvalue weighted by Crippen LogP contribution is -2.08. The van der Waals surface area contributed by atoms with Crippen molar-refractivity contribution in [3.8, 4) is 0 Å². The van der Waals surface area contributed by atoms with Crippen LogP contribution in [0.4, 0.5) is 15.8 Å². The van der Waals surface area contributed by atoms with E-state index in [1.54, 1.807) is 12.1 Å². The SMILES string of the molecule is O=C(O)c1cc([N+](=O)[O-])c(NCc2cccnn2)cc1F. The molecule has 8 nitrogen and oxygen atoms in total. The molecule has 1 aromatic carbocycles. The maximum absolute atomic E-state index is 13.6. The number of nitro groups is 1. The molecule has 0 atom stereocenters. The van der Waals surface area contributed by atoms with Gasteiger partial charge in [0.05, 0.1) is 17.2 Å². The first kappa shape index (κ1) is 14.3. The van der Waals surface area contributed by atoms with Crippen LogP contribution in [0.15, 0.2) is 30.5 Å². The van der Waals surface area contributed by atoms with Crippen molar-refractivity contribution in [3.05, 3.63) is 57.7 Å². The second-order valence-electron chi connectivity index (χ2n) is 3.98. The highest BCUT2D eigenvalue weighted by Crippen LogP contribution is 2.28. The molecule has 9 heteroatoms. The maximum atomic E-state index is 13.6. The Morgan fingerprint density at radius 3 is 2.81 bits per heavy atom. The Balaban J connectivity index is 2.32. The van der Waals surface area contributed by atoms with Crippen LogP contribution in [0.2, 0.25) is 0 Å². The predicted molar refractivity (Wildman–Crippen MR) is 69.4 cm³/mol. The molecule has 0 bridgehead atoms. The van der Waals surface area contributed by atoms with E-state index in [9.17, 15) is 19.3 Å². The molecule has 2 aromatic rings. The first-order chi connectivity index (χ1) is 9.99. The number of halogens is 1. The lowest BCUT2D eigenvalue weighted by Gasteiger charge is -2.08. The molecular weight excluding hydrogens is 283 g/mol. The summed E-state index contributed by atoms with van der Waals surface area (Å²) in [6, 6.07) is 4.72. The normalized spacial score (nSPS) is 10.1. The third-order valence-electron chi connectivity index (χ3n) is 2.60. The summed E-state index contributed by atoms with van der Waals surface area (Å²) in [7, 11) is 0. The summed E-state index contributed by atoms with van der Waals surface area (Å²) in [5.41, 5.74) is -0.924. The number of carbonyl (C=O) groups is 1. The van der Waals surface area contributed by atoms with Crippen LogP contribution in [0, 0.1) is 15.9 Å². The number of aromatic nitrogens is 2. The molecule has 0 aliphatic carbocycles. The van der Waals surface area contributed by atoms with Gasteiger partial charge in [0.25, 0.3) is 5.69 Å². The van der Waals surface area contributed by atoms with Gasteiger partial charge in [-0.05, 0) is 12.1 Å². The highest BCUT2D eigenvalue weighted by atomic mass is 19.1. The molecule has 0 aliphatic heterocycles. The largest absolute Gasteiger partial charge is 0.478 e. The van der Waals surface area contributed by atoms with Crippen molar-refractivity contribution in [1.29, 1.82) is 0 Å². The third kappa shape index (κ3) is 3.26. The highest BCUT2D eigenvalue weighted by Gasteiger charge is 2.21. The van der Waals surface area contributed by atoms with Crippen LogP contribution in [0.1, 0.15) is 16.1 Å². The summed E-state index contributed by atoms with van der Waals surface area (Å²) in [6.45, 7) is 0.0839. The van der Waals surface area contributed by atoms with Gasteiger partial charge in [-0.15, -0.1) is 0 Å². The van der Waals surface area contributed by atoms with Crippen molar-refractivity contribution >= 4 is 17.3 Å². The Morgan fingerprint density at radius 2 is 2.24 bits per heavy atom. The first-order valence-corrected chi connectivity index (χ1v) is 5.70. The summed E-state index contributed by atoms with van der Waals surface area (Å²) in [5, 5.41) is 29.8. The van der Waals surface area contributed by atoms with Gasteiger partial charge < -0.3 is 10.4 Å². The molecule has 0 saturated heterocycles. The van der Waals surface area contributed by atoms with Crippen LogP contribution in [-0.2, 0) is 6.54 Å². The maximum Gasteiger partial charge on any atom is 0.338 e. The summed E-state index contributed by atoms with van der Waals surface area (Å²) < 4.78 is 13.6. The van der Waals surface area contributed by atoms with Gasteiger partial charge in [-0.3, -0.25) is 10.1 Å². The van der Waals surface area contributed by atoms with Gasteiger partial charge in [-0.1, -0.05) is 0 Å². The standard InChI is InChI=1S/C12H9FN4O4/c13-9-5-10(14-6-7-2-1-3-15-16-7)11(17(20)21)4-8(9)12(18)19/h1-5,14H,6H2,(H,18,19). The molecule has 21 heavy (non-hydrogen) atoms. The van der Waals surface area contributed by atoms with Gasteiger partial charge in [-0.2, -0.15) is 10.2 Å². The zero-order valence-electron chi connectivity index (χ0n) is 10.5. The number of anilines is 1. The summed E-state index contributed by atoms with van der Waals surface area (Å²) >= 11 is 0. The average Bonchev–Trinajstić information content (AvgIpc) is 2.45. The van der Waals surface area contributed by atoms with E-state index in [1.807, 2.05) is 0 Å². The van der Waals surface area contributed by atoms with E-state index in [0.29, 0.717) is 11.8 Å². The Bertz CT molecular complexity index is 693. The molecule has 108 valence electrons. The van der Waals surface area contributed by atoms with E-state index >= 15 is 0 Å². The number of nitrogens with zero attached hydrogens (tertiary/aromatic N) is 3. The molecule has 0 saturated carbocycles. The Labute approximate surface area is 117 Å². The van der Waals surface area contributed by atoms with Crippen molar-refractivity contribution in [3.63, 3.8) is 0 Å². The van der Waals surface area contributed by atoms with Gasteiger partial charge in [0, 0.05) is 18.3 Å². The fourth-order valence-corrected chi connectivity index (χ4v) is 1.63. The average molecular weight is 292 g/mol. The number of nitro benzene ring substituents is 1. The van der Waals surface area contributed by atoms with Crippen LogP contribution < -0.4 is 5.32 Å². The molecule has 0 amide bonds. The zero-order chi connectivity index (χ0) is 15.4. The number of benzene rings is 1. The number of aromatic carboxylic acids is 1. The van der Waals surface area contributed by atoms with E-state index in [1.165, 1.54) is 6.20 Å². The number of hydrogen-bond donors (Lipinski definition) is 2. The second kappa shape index (κ2) is 5.90. The van der Waals surface area contributed by atoms with Gasteiger partial charge in [0.15, 0.2) is 0 Å². The molecule has 0 unspecified atom stereocenters. The molecule has 0 aliphatic rings. The Morgan fingerprint density at radius 1 is 1.48 bits per heavy atom. The fourth-order valence-electron chi connectivity index (χ4n) is 1.63. The van der Waals surface area contributed by atoms with Crippen molar-refractivity contribution < 1.29 is 19.2 Å². The highest BCUT2D eigenvalue weighted by molar-refractivity contribution is 5.90. The zero-order valence-corrected chi connectivity index (χ0v) is 10.5. The Hall–Kier alpha value is -3.10. The number of carboxylic acids is 1. The molecule has 1 aromatic heterocycles. The molecule has 1 heterocycles. The fraction of sp³-hybridized carbons (Fsp3) is 0.0833. The molecule has 0 spiro atoms. The van der Waals surface area contributed by atoms with Gasteiger partial charge in [0.1, 0.15) is 17.1 Å². The van der Waals surface area contributed by atoms with Crippen molar-refractivity contribution in [1.82, 2.24) is 10.2 Å². The van der Waals surface area contributed by atoms with Crippen molar-refractivity contribution in [2.45, 2.75) is 6.54 Å². The smallest absolute Gasteiger partial charge is 0.338 e. The van der Waals surface area contributed by atoms with Crippen LogP contribution >= 0.6 is 0 Å². The minimum absolute atomic E-state index is 0.0839. The van der Waals surface area contributed by atoms with Crippen molar-refractivity contribution in [2.75, 3.05) is 5.32 Å². The lowest BCUT2D eigenvalue weighted by atomic mass is 10.1. The van der Waals surface area contributed by atoms with Crippen LogP contribution in [-0.4, -0.2) is 26.2 Å². The first-order valence-electron chi connectivity index (χ1n) is 5.70. The molecule has 0 fully saturated rings. The van der Waals surface area contributed by atoms with E-state index in [-0.39, 0.29) is 12.2 Å². The molecular formula is C12H9FN4O4. The minimum Gasteiger partial charge on any atom is -0.478 e. The van der Waals surface area contributed by atoms with Crippen LogP contribution in [0.25, 0.3) is 0 Å². The quantitative estimate of drug-likeness (QED) is 0.637. The third-order valence-corrected chi connectivity index (χ3v) is 2.60. The summed E-state index contributed by atoms with van der Waals surface area (Å²) in [5.74, 6) is -2.63. The number of hydrogen-bond acceptors (Lipinski definition) is 6. The van der Waals surface area contributed by atoms with Crippen LogP contribution in [0.3, 0.4) is 0 Å². The van der Waals surface area contributed by atoms with Crippen LogP contribution in [0.5, 0.6) is 0 Å². The lowest BCUT2D eigenvalue weighted by molar-refractivity contribution is -0.384. The van der Waals surface area contributed by atoms with Gasteiger partial charge >= 0.3 is 5.97 Å². The molecule has 2 rings (SSSR count). The molecule has 2 N–H and O–H groups in total. The predicted octanol–water partition coefficient (Wildman–Crippen LogP) is 1.83. The summed E-state index contributed by atoms with van der Waals surface area (Å²) in [6.07, 6.45) is 1.47.